The van der Waals surface area contributed by atoms with Crippen molar-refractivity contribution in [1.29, 1.82) is 0 Å². The molecule has 0 fully saturated rings. The molecular formula is C15H11FN2O. The lowest BCUT2D eigenvalue weighted by molar-refractivity contribution is 0.486. The van der Waals surface area contributed by atoms with Crippen LogP contribution in [-0.4, -0.2) is 4.98 Å². The van der Waals surface area contributed by atoms with Crippen molar-refractivity contribution in [3.05, 3.63) is 60.7 Å². The van der Waals surface area contributed by atoms with E-state index in [0.29, 0.717) is 17.2 Å². The first-order valence-electron chi connectivity index (χ1n) is 5.80. The minimum absolute atomic E-state index is 0.293. The first kappa shape index (κ1) is 11.5. The van der Waals surface area contributed by atoms with Crippen LogP contribution in [0.2, 0.25) is 0 Å². The molecule has 2 aromatic carbocycles. The molecule has 0 atom stereocenters. The molecule has 0 saturated heterocycles. The summed E-state index contributed by atoms with van der Waals surface area (Å²) >= 11 is 0. The van der Waals surface area contributed by atoms with Crippen LogP contribution in [0.25, 0.3) is 10.8 Å². The van der Waals surface area contributed by atoms with Gasteiger partial charge < -0.3 is 10.5 Å². The average Bonchev–Trinajstić information content (AvgIpc) is 2.45. The van der Waals surface area contributed by atoms with Gasteiger partial charge in [-0.05, 0) is 42.5 Å². The fourth-order valence-corrected chi connectivity index (χ4v) is 1.90. The molecule has 4 heteroatoms. The molecule has 0 amide bonds. The maximum Gasteiger partial charge on any atom is 0.135 e. The molecule has 0 saturated carbocycles. The Morgan fingerprint density at radius 1 is 0.947 bits per heavy atom. The third-order valence-corrected chi connectivity index (χ3v) is 2.85. The number of aromatic nitrogens is 1. The highest BCUT2D eigenvalue weighted by Gasteiger charge is 2.06. The second kappa shape index (κ2) is 4.57. The van der Waals surface area contributed by atoms with Crippen LogP contribution in [-0.2, 0) is 0 Å². The summed E-state index contributed by atoms with van der Waals surface area (Å²) in [6, 6.07) is 11.3. The van der Waals surface area contributed by atoms with Gasteiger partial charge in [0.05, 0.1) is 0 Å². The van der Waals surface area contributed by atoms with Gasteiger partial charge in [0.15, 0.2) is 0 Å². The second-order valence-corrected chi connectivity index (χ2v) is 4.13. The first-order chi connectivity index (χ1) is 9.24. The summed E-state index contributed by atoms with van der Waals surface area (Å²) in [7, 11) is 0. The number of nitrogens with two attached hydrogens (primary N) is 1. The molecule has 2 N–H and O–H groups in total. The normalized spacial score (nSPS) is 10.6. The predicted octanol–water partition coefficient (Wildman–Crippen LogP) is 3.75. The molecule has 1 heterocycles. The van der Waals surface area contributed by atoms with Crippen LogP contribution in [0.5, 0.6) is 11.5 Å². The minimum atomic E-state index is -0.293. The van der Waals surface area contributed by atoms with Gasteiger partial charge in [-0.3, -0.25) is 4.98 Å². The molecule has 19 heavy (non-hydrogen) atoms. The van der Waals surface area contributed by atoms with Crippen LogP contribution < -0.4 is 10.5 Å². The van der Waals surface area contributed by atoms with Crippen molar-refractivity contribution in [2.24, 2.45) is 0 Å². The Kier molecular flexibility index (Phi) is 2.76. The van der Waals surface area contributed by atoms with Crippen LogP contribution in [0.3, 0.4) is 0 Å². The molecule has 3 aromatic rings. The third kappa shape index (κ3) is 2.20. The summed E-state index contributed by atoms with van der Waals surface area (Å²) < 4.78 is 18.6. The molecule has 94 valence electrons. The summed E-state index contributed by atoms with van der Waals surface area (Å²) in [4.78, 5) is 4.05. The van der Waals surface area contributed by atoms with Crippen molar-refractivity contribution in [1.82, 2.24) is 4.98 Å². The maximum atomic E-state index is 12.9. The van der Waals surface area contributed by atoms with E-state index in [-0.39, 0.29) is 5.82 Å². The van der Waals surface area contributed by atoms with Crippen molar-refractivity contribution in [2.45, 2.75) is 0 Å². The van der Waals surface area contributed by atoms with Gasteiger partial charge >= 0.3 is 0 Å². The van der Waals surface area contributed by atoms with E-state index in [9.17, 15) is 4.39 Å². The van der Waals surface area contributed by atoms with Gasteiger partial charge in [0.2, 0.25) is 0 Å². The Labute approximate surface area is 109 Å². The third-order valence-electron chi connectivity index (χ3n) is 2.85. The van der Waals surface area contributed by atoms with Crippen LogP contribution in [0, 0.1) is 5.82 Å². The molecule has 3 rings (SSSR count). The monoisotopic (exact) mass is 254 g/mol. The number of rotatable bonds is 2. The summed E-state index contributed by atoms with van der Waals surface area (Å²) in [5.74, 6) is 0.946. The van der Waals surface area contributed by atoms with Crippen molar-refractivity contribution in [3.8, 4) is 11.5 Å². The average molecular weight is 254 g/mol. The Morgan fingerprint density at radius 2 is 1.74 bits per heavy atom. The summed E-state index contributed by atoms with van der Waals surface area (Å²) in [6.45, 7) is 0. The molecular weight excluding hydrogens is 243 g/mol. The highest BCUT2D eigenvalue weighted by molar-refractivity contribution is 5.96. The molecule has 0 radical (unpaired) electrons. The second-order valence-electron chi connectivity index (χ2n) is 4.13. The van der Waals surface area contributed by atoms with E-state index in [1.54, 1.807) is 36.7 Å². The summed E-state index contributed by atoms with van der Waals surface area (Å²) in [5, 5.41) is 1.71. The summed E-state index contributed by atoms with van der Waals surface area (Å²) in [6.07, 6.45) is 3.38. The van der Waals surface area contributed by atoms with E-state index in [1.165, 1.54) is 12.1 Å². The van der Waals surface area contributed by atoms with Crippen LogP contribution in [0.15, 0.2) is 54.9 Å². The van der Waals surface area contributed by atoms with Crippen LogP contribution in [0.4, 0.5) is 10.1 Å². The van der Waals surface area contributed by atoms with E-state index in [4.69, 9.17) is 10.5 Å². The standard InChI is InChI=1S/C15H11FN2O/c16-10-1-3-11(4-2-10)19-15-6-5-14(17)13-9-18-8-7-12(13)15/h1-9H,17H2. The summed E-state index contributed by atoms with van der Waals surface area (Å²) in [5.41, 5.74) is 6.54. The zero-order chi connectivity index (χ0) is 13.2. The number of ether oxygens (including phenoxy) is 1. The number of anilines is 1. The van der Waals surface area contributed by atoms with E-state index < -0.39 is 0 Å². The smallest absolute Gasteiger partial charge is 0.135 e. The van der Waals surface area contributed by atoms with E-state index in [1.807, 2.05) is 6.07 Å². The lowest BCUT2D eigenvalue weighted by Gasteiger charge is -2.10. The molecule has 3 nitrogen and oxygen atoms in total. The van der Waals surface area contributed by atoms with E-state index in [0.717, 1.165) is 10.8 Å². The fraction of sp³-hybridized carbons (Fsp3) is 0. The Balaban J connectivity index is 2.06. The van der Waals surface area contributed by atoms with E-state index in [2.05, 4.69) is 4.98 Å². The number of halogens is 1. The zero-order valence-corrected chi connectivity index (χ0v) is 10.0. The molecule has 0 aliphatic carbocycles. The van der Waals surface area contributed by atoms with Gasteiger partial charge in [0.1, 0.15) is 17.3 Å². The van der Waals surface area contributed by atoms with Gasteiger partial charge in [-0.1, -0.05) is 0 Å². The van der Waals surface area contributed by atoms with Crippen molar-refractivity contribution < 1.29 is 9.13 Å². The lowest BCUT2D eigenvalue weighted by Crippen LogP contribution is -1.91. The lowest BCUT2D eigenvalue weighted by atomic mass is 10.1. The minimum Gasteiger partial charge on any atom is -0.457 e. The molecule has 0 aliphatic heterocycles. The number of hydrogen-bond donors (Lipinski definition) is 1. The quantitative estimate of drug-likeness (QED) is 0.708. The van der Waals surface area contributed by atoms with Gasteiger partial charge in [-0.2, -0.15) is 0 Å². The Bertz CT molecular complexity index is 726. The van der Waals surface area contributed by atoms with Crippen LogP contribution in [0.1, 0.15) is 0 Å². The highest BCUT2D eigenvalue weighted by Crippen LogP contribution is 2.32. The maximum absolute atomic E-state index is 12.9. The predicted molar refractivity (Wildman–Crippen MR) is 72.6 cm³/mol. The van der Waals surface area contributed by atoms with Gasteiger partial charge in [-0.25, -0.2) is 4.39 Å². The van der Waals surface area contributed by atoms with E-state index >= 15 is 0 Å². The molecule has 0 unspecified atom stereocenters. The molecule has 1 aromatic heterocycles. The van der Waals surface area contributed by atoms with Gasteiger partial charge in [0.25, 0.3) is 0 Å². The zero-order valence-electron chi connectivity index (χ0n) is 10.0. The number of nitrogens with zero attached hydrogens (tertiary/aromatic N) is 1. The number of pyridine rings is 1. The Hall–Kier alpha value is -2.62. The topological polar surface area (TPSA) is 48.1 Å². The number of fused-ring (bicyclic) bond motifs is 1. The number of hydrogen-bond acceptors (Lipinski definition) is 3. The molecule has 0 spiro atoms. The van der Waals surface area contributed by atoms with Crippen LogP contribution >= 0.6 is 0 Å². The van der Waals surface area contributed by atoms with Gasteiger partial charge in [-0.15, -0.1) is 0 Å². The Morgan fingerprint density at radius 3 is 2.53 bits per heavy atom. The first-order valence-corrected chi connectivity index (χ1v) is 5.80. The SMILES string of the molecule is Nc1ccc(Oc2ccc(F)cc2)c2ccncc12. The van der Waals surface area contributed by atoms with Crippen molar-refractivity contribution in [2.75, 3.05) is 5.73 Å². The highest BCUT2D eigenvalue weighted by atomic mass is 19.1. The largest absolute Gasteiger partial charge is 0.457 e. The van der Waals surface area contributed by atoms with Crippen molar-refractivity contribution >= 4 is 16.5 Å². The number of nitrogen functional groups attached to an aromatic ring is 1. The molecule has 0 bridgehead atoms. The number of benzene rings is 2. The fourth-order valence-electron chi connectivity index (χ4n) is 1.90. The molecule has 0 aliphatic rings. The van der Waals surface area contributed by atoms with Crippen molar-refractivity contribution in [3.63, 3.8) is 0 Å². The van der Waals surface area contributed by atoms with Gasteiger partial charge in [0, 0.05) is 28.9 Å².